The molecule has 0 saturated carbocycles. The second-order valence-corrected chi connectivity index (χ2v) is 6.00. The van der Waals surface area contributed by atoms with E-state index in [2.05, 4.69) is 44.5 Å². The van der Waals surface area contributed by atoms with Gasteiger partial charge in [0.2, 0.25) is 0 Å². The van der Waals surface area contributed by atoms with Gasteiger partial charge in [-0.2, -0.15) is 5.26 Å². The number of aliphatic hydroxyl groups is 1. The van der Waals surface area contributed by atoms with Crippen LogP contribution in [-0.2, 0) is 6.54 Å². The summed E-state index contributed by atoms with van der Waals surface area (Å²) in [5, 5.41) is 21.4. The number of aromatic nitrogens is 2. The van der Waals surface area contributed by atoms with Gasteiger partial charge < -0.3 is 15.3 Å². The van der Waals surface area contributed by atoms with E-state index in [1.165, 1.54) is 11.9 Å². The molecule has 1 aliphatic rings. The third-order valence-corrected chi connectivity index (χ3v) is 4.44. The molecule has 1 saturated heterocycles. The van der Waals surface area contributed by atoms with Gasteiger partial charge in [-0.15, -0.1) is 0 Å². The number of nitriles is 1. The van der Waals surface area contributed by atoms with Crippen molar-refractivity contribution in [2.24, 2.45) is 5.92 Å². The number of benzene rings is 1. The maximum atomic E-state index is 9.22. The van der Waals surface area contributed by atoms with Crippen molar-refractivity contribution in [1.29, 1.82) is 5.26 Å². The molecule has 1 aromatic carbocycles. The molecule has 0 atom stereocenters. The van der Waals surface area contributed by atoms with Crippen molar-refractivity contribution in [2.45, 2.75) is 19.4 Å². The highest BCUT2D eigenvalue weighted by Gasteiger charge is 2.18. The van der Waals surface area contributed by atoms with E-state index < -0.39 is 0 Å². The highest BCUT2D eigenvalue weighted by atomic mass is 16.3. The molecule has 0 bridgehead atoms. The molecule has 0 unspecified atom stereocenters. The van der Waals surface area contributed by atoms with E-state index in [9.17, 15) is 5.11 Å². The molecule has 1 aliphatic heterocycles. The summed E-state index contributed by atoms with van der Waals surface area (Å²) in [6.07, 6.45) is 5.17. The minimum Gasteiger partial charge on any atom is -0.396 e. The molecule has 0 amide bonds. The summed E-state index contributed by atoms with van der Waals surface area (Å²) < 4.78 is 0. The molecule has 0 radical (unpaired) electrons. The molecule has 0 spiro atoms. The quantitative estimate of drug-likeness (QED) is 0.877. The smallest absolute Gasteiger partial charge is 0.182 e. The molecule has 6 heteroatoms. The van der Waals surface area contributed by atoms with E-state index in [1.807, 2.05) is 6.07 Å². The molecular weight excluding hydrogens is 302 g/mol. The number of anilines is 2. The van der Waals surface area contributed by atoms with Gasteiger partial charge in [0, 0.05) is 44.3 Å². The van der Waals surface area contributed by atoms with Crippen molar-refractivity contribution >= 4 is 11.5 Å². The molecule has 0 aliphatic carbocycles. The summed E-state index contributed by atoms with van der Waals surface area (Å²) >= 11 is 0. The Morgan fingerprint density at radius 3 is 2.54 bits per heavy atom. The van der Waals surface area contributed by atoms with Crippen LogP contribution < -0.4 is 10.2 Å². The topological polar surface area (TPSA) is 85.1 Å². The minimum absolute atomic E-state index is 0.297. The monoisotopic (exact) mass is 323 g/mol. The molecule has 2 aromatic rings. The number of hydrogen-bond acceptors (Lipinski definition) is 6. The van der Waals surface area contributed by atoms with Crippen molar-refractivity contribution in [1.82, 2.24) is 9.97 Å². The molecule has 24 heavy (non-hydrogen) atoms. The SMILES string of the molecule is N#Cc1nccnc1NCc1ccc(N2CCC(CO)CC2)cc1. The summed E-state index contributed by atoms with van der Waals surface area (Å²) in [5.74, 6) is 0.959. The second kappa shape index (κ2) is 7.75. The zero-order valence-corrected chi connectivity index (χ0v) is 13.5. The van der Waals surface area contributed by atoms with Gasteiger partial charge in [-0.1, -0.05) is 12.1 Å². The predicted octanol–water partition coefficient (Wildman–Crippen LogP) is 2.17. The first-order valence-electron chi connectivity index (χ1n) is 8.20. The Kier molecular flexibility index (Phi) is 5.24. The Hall–Kier alpha value is -2.65. The fourth-order valence-electron chi connectivity index (χ4n) is 2.93. The van der Waals surface area contributed by atoms with Gasteiger partial charge in [0.15, 0.2) is 11.5 Å². The normalized spacial score (nSPS) is 15.1. The van der Waals surface area contributed by atoms with Crippen LogP contribution in [0.1, 0.15) is 24.1 Å². The average Bonchev–Trinajstić information content (AvgIpc) is 2.67. The van der Waals surface area contributed by atoms with Crippen LogP contribution in [0.3, 0.4) is 0 Å². The molecule has 6 nitrogen and oxygen atoms in total. The molecule has 3 rings (SSSR count). The fourth-order valence-corrected chi connectivity index (χ4v) is 2.93. The summed E-state index contributed by atoms with van der Waals surface area (Å²) in [4.78, 5) is 10.5. The molecule has 124 valence electrons. The lowest BCUT2D eigenvalue weighted by atomic mass is 9.97. The van der Waals surface area contributed by atoms with Gasteiger partial charge in [-0.25, -0.2) is 9.97 Å². The number of nitrogens with zero attached hydrogens (tertiary/aromatic N) is 4. The lowest BCUT2D eigenvalue weighted by molar-refractivity contribution is 0.203. The van der Waals surface area contributed by atoms with Gasteiger partial charge in [-0.3, -0.25) is 0 Å². The van der Waals surface area contributed by atoms with Gasteiger partial charge in [0.1, 0.15) is 6.07 Å². The Morgan fingerprint density at radius 2 is 1.88 bits per heavy atom. The highest BCUT2D eigenvalue weighted by Crippen LogP contribution is 2.23. The van der Waals surface area contributed by atoms with Gasteiger partial charge in [0.05, 0.1) is 0 Å². The fraction of sp³-hybridized carbons (Fsp3) is 0.389. The second-order valence-electron chi connectivity index (χ2n) is 6.00. The highest BCUT2D eigenvalue weighted by molar-refractivity contribution is 5.50. The number of piperidine rings is 1. The van der Waals surface area contributed by atoms with E-state index in [1.54, 1.807) is 6.20 Å². The molecule has 1 aromatic heterocycles. The van der Waals surface area contributed by atoms with Crippen LogP contribution in [0.4, 0.5) is 11.5 Å². The molecule has 2 N–H and O–H groups in total. The van der Waals surface area contributed by atoms with Crippen LogP contribution in [0.5, 0.6) is 0 Å². The van der Waals surface area contributed by atoms with E-state index in [0.29, 0.717) is 30.6 Å². The number of aliphatic hydroxyl groups excluding tert-OH is 1. The molecular formula is C18H21N5O. The maximum Gasteiger partial charge on any atom is 0.182 e. The Morgan fingerprint density at radius 1 is 1.17 bits per heavy atom. The lowest BCUT2D eigenvalue weighted by Gasteiger charge is -2.33. The lowest BCUT2D eigenvalue weighted by Crippen LogP contribution is -2.34. The summed E-state index contributed by atoms with van der Waals surface area (Å²) in [7, 11) is 0. The van der Waals surface area contributed by atoms with Crippen LogP contribution in [0.15, 0.2) is 36.7 Å². The summed E-state index contributed by atoms with van der Waals surface area (Å²) in [5.41, 5.74) is 2.65. The third-order valence-electron chi connectivity index (χ3n) is 4.44. The standard InChI is InChI=1S/C18H21N5O/c19-11-17-18(21-8-7-20-17)22-12-14-1-3-16(4-2-14)23-9-5-15(13-24)6-10-23/h1-4,7-8,15,24H,5-6,9-10,12-13H2,(H,21,22). The van der Waals surface area contributed by atoms with Crippen LogP contribution in [0.2, 0.25) is 0 Å². The van der Waals surface area contributed by atoms with Gasteiger partial charge in [-0.05, 0) is 36.5 Å². The maximum absolute atomic E-state index is 9.22. The Balaban J connectivity index is 1.58. The number of rotatable bonds is 5. The zero-order chi connectivity index (χ0) is 16.8. The van der Waals surface area contributed by atoms with Crippen LogP contribution in [0, 0.1) is 17.2 Å². The van der Waals surface area contributed by atoms with Gasteiger partial charge >= 0.3 is 0 Å². The minimum atomic E-state index is 0.297. The van der Waals surface area contributed by atoms with Crippen LogP contribution >= 0.6 is 0 Å². The van der Waals surface area contributed by atoms with Crippen LogP contribution in [0.25, 0.3) is 0 Å². The van der Waals surface area contributed by atoms with Crippen molar-refractivity contribution in [2.75, 3.05) is 29.9 Å². The Labute approximate surface area is 141 Å². The van der Waals surface area contributed by atoms with Crippen molar-refractivity contribution < 1.29 is 5.11 Å². The van der Waals surface area contributed by atoms with Crippen molar-refractivity contribution in [3.63, 3.8) is 0 Å². The first kappa shape index (κ1) is 16.2. The summed E-state index contributed by atoms with van der Waals surface area (Å²) in [6, 6.07) is 10.5. The first-order valence-corrected chi connectivity index (χ1v) is 8.20. The third kappa shape index (κ3) is 3.81. The Bertz CT molecular complexity index is 702. The first-order chi connectivity index (χ1) is 11.8. The predicted molar refractivity (Wildman–Crippen MR) is 92.5 cm³/mol. The largest absolute Gasteiger partial charge is 0.396 e. The van der Waals surface area contributed by atoms with E-state index in [0.717, 1.165) is 31.5 Å². The van der Waals surface area contributed by atoms with Crippen molar-refractivity contribution in [3.05, 3.63) is 47.9 Å². The van der Waals surface area contributed by atoms with E-state index in [-0.39, 0.29) is 0 Å². The van der Waals surface area contributed by atoms with E-state index >= 15 is 0 Å². The number of nitrogens with one attached hydrogen (secondary N) is 1. The van der Waals surface area contributed by atoms with Crippen LogP contribution in [-0.4, -0.2) is 34.8 Å². The van der Waals surface area contributed by atoms with E-state index in [4.69, 9.17) is 5.26 Å². The average molecular weight is 323 g/mol. The summed E-state index contributed by atoms with van der Waals surface area (Å²) in [6.45, 7) is 2.88. The van der Waals surface area contributed by atoms with Gasteiger partial charge in [0.25, 0.3) is 0 Å². The molecule has 2 heterocycles. The zero-order valence-electron chi connectivity index (χ0n) is 13.5. The molecule has 1 fully saturated rings. The number of hydrogen-bond donors (Lipinski definition) is 2. The van der Waals surface area contributed by atoms with Crippen molar-refractivity contribution in [3.8, 4) is 6.07 Å².